The molecule has 8 unspecified atom stereocenters. The van der Waals surface area contributed by atoms with E-state index < -0.39 is 17.2 Å². The number of ketones is 2. The molecular weight excluding hydrogens is 432 g/mol. The Morgan fingerprint density at radius 2 is 1.74 bits per heavy atom. The van der Waals surface area contributed by atoms with Gasteiger partial charge in [0.05, 0.1) is 12.2 Å². The summed E-state index contributed by atoms with van der Waals surface area (Å²) in [5, 5.41) is 9.16. The first-order valence-electron chi connectivity index (χ1n) is 13.5. The lowest BCUT2D eigenvalue weighted by atomic mass is 9.43. The Bertz CT molecular complexity index is 872. The molecule has 6 nitrogen and oxygen atoms in total. The van der Waals surface area contributed by atoms with E-state index in [-0.39, 0.29) is 59.6 Å². The molecule has 1 N–H and O–H groups in total. The zero-order valence-corrected chi connectivity index (χ0v) is 21.5. The molecule has 1 spiro atoms. The summed E-state index contributed by atoms with van der Waals surface area (Å²) in [6.45, 7) is 10.7. The second kappa shape index (κ2) is 8.12. The average molecular weight is 475 g/mol. The van der Waals surface area contributed by atoms with Crippen molar-refractivity contribution in [1.29, 1.82) is 0 Å². The summed E-state index contributed by atoms with van der Waals surface area (Å²) in [6, 6.07) is 0. The topological polar surface area (TPSA) is 89.9 Å². The Morgan fingerprint density at radius 1 is 1.06 bits per heavy atom. The van der Waals surface area contributed by atoms with Gasteiger partial charge in [0, 0.05) is 43.4 Å². The van der Waals surface area contributed by atoms with Crippen molar-refractivity contribution in [3.05, 3.63) is 0 Å². The highest BCUT2D eigenvalue weighted by Gasteiger charge is 2.67. The van der Waals surface area contributed by atoms with Gasteiger partial charge in [0.2, 0.25) is 0 Å². The van der Waals surface area contributed by atoms with E-state index in [1.54, 1.807) is 0 Å². The van der Waals surface area contributed by atoms with E-state index in [4.69, 9.17) is 14.6 Å². The molecule has 5 rings (SSSR count). The van der Waals surface area contributed by atoms with Crippen LogP contribution >= 0.6 is 0 Å². The van der Waals surface area contributed by atoms with Gasteiger partial charge in [0.1, 0.15) is 11.6 Å². The van der Waals surface area contributed by atoms with Crippen molar-refractivity contribution in [2.75, 3.05) is 0 Å². The van der Waals surface area contributed by atoms with Crippen LogP contribution in [0.2, 0.25) is 0 Å². The number of carboxylic acids is 1. The molecule has 4 saturated carbocycles. The van der Waals surface area contributed by atoms with Crippen LogP contribution in [0.4, 0.5) is 0 Å². The summed E-state index contributed by atoms with van der Waals surface area (Å²) in [7, 11) is 0. The van der Waals surface area contributed by atoms with Crippen molar-refractivity contribution in [1.82, 2.24) is 0 Å². The van der Waals surface area contributed by atoms with Crippen LogP contribution in [0.5, 0.6) is 0 Å². The van der Waals surface area contributed by atoms with Crippen molar-refractivity contribution in [2.45, 2.75) is 110 Å². The summed E-state index contributed by atoms with van der Waals surface area (Å²) in [4.78, 5) is 38.8. The molecule has 1 heterocycles. The van der Waals surface area contributed by atoms with Crippen molar-refractivity contribution in [3.8, 4) is 0 Å². The number of hydrogen-bond donors (Lipinski definition) is 1. The molecule has 1 aliphatic heterocycles. The van der Waals surface area contributed by atoms with Gasteiger partial charge >= 0.3 is 5.97 Å². The van der Waals surface area contributed by atoms with Gasteiger partial charge in [0.25, 0.3) is 0 Å². The molecule has 5 aliphatic rings. The fourth-order valence-electron chi connectivity index (χ4n) is 9.20. The number of rotatable bonds is 4. The lowest BCUT2D eigenvalue weighted by molar-refractivity contribution is -0.235. The lowest BCUT2D eigenvalue weighted by Gasteiger charge is -2.60. The van der Waals surface area contributed by atoms with E-state index in [1.165, 1.54) is 0 Å². The predicted octanol–water partition coefficient (Wildman–Crippen LogP) is 5.02. The van der Waals surface area contributed by atoms with Gasteiger partial charge in [-0.3, -0.25) is 14.4 Å². The van der Waals surface area contributed by atoms with E-state index in [0.717, 1.165) is 32.1 Å². The first-order valence-corrected chi connectivity index (χ1v) is 13.5. The van der Waals surface area contributed by atoms with E-state index in [9.17, 15) is 14.4 Å². The van der Waals surface area contributed by atoms with Crippen LogP contribution in [0.15, 0.2) is 0 Å². The van der Waals surface area contributed by atoms with Crippen molar-refractivity contribution in [3.63, 3.8) is 0 Å². The van der Waals surface area contributed by atoms with Crippen LogP contribution in [0, 0.1) is 46.3 Å². The molecule has 5 fully saturated rings. The second-order valence-corrected chi connectivity index (χ2v) is 12.9. The van der Waals surface area contributed by atoms with Crippen molar-refractivity contribution < 1.29 is 29.0 Å². The van der Waals surface area contributed by atoms with Gasteiger partial charge < -0.3 is 14.6 Å². The highest BCUT2D eigenvalue weighted by Crippen LogP contribution is 2.67. The van der Waals surface area contributed by atoms with Crippen LogP contribution < -0.4 is 0 Å². The molecule has 0 aromatic rings. The maximum absolute atomic E-state index is 13.9. The molecule has 4 aliphatic carbocycles. The summed E-state index contributed by atoms with van der Waals surface area (Å²) in [5.74, 6) is -0.0134. The fraction of sp³-hybridized carbons (Fsp3) is 0.893. The first-order chi connectivity index (χ1) is 15.9. The Kier molecular flexibility index (Phi) is 5.84. The number of carbonyl (C=O) groups excluding carboxylic acids is 2. The van der Waals surface area contributed by atoms with Gasteiger partial charge in [-0.1, -0.05) is 20.8 Å². The zero-order valence-electron chi connectivity index (χ0n) is 21.5. The predicted molar refractivity (Wildman–Crippen MR) is 126 cm³/mol. The number of fused-ring (bicyclic) bond motifs is 5. The molecule has 0 aromatic carbocycles. The molecule has 0 amide bonds. The van der Waals surface area contributed by atoms with E-state index >= 15 is 0 Å². The van der Waals surface area contributed by atoms with Crippen LogP contribution in [0.25, 0.3) is 0 Å². The van der Waals surface area contributed by atoms with Crippen molar-refractivity contribution >= 4 is 17.5 Å². The molecule has 34 heavy (non-hydrogen) atoms. The van der Waals surface area contributed by atoms with Crippen molar-refractivity contribution in [2.24, 2.45) is 46.3 Å². The third-order valence-corrected chi connectivity index (χ3v) is 11.4. The van der Waals surface area contributed by atoms with Crippen LogP contribution in [-0.4, -0.2) is 40.6 Å². The minimum absolute atomic E-state index is 0.0436. The van der Waals surface area contributed by atoms with E-state index in [0.29, 0.717) is 30.8 Å². The van der Waals surface area contributed by atoms with Gasteiger partial charge in [-0.05, 0) is 74.5 Å². The Hall–Kier alpha value is -1.27. The summed E-state index contributed by atoms with van der Waals surface area (Å²) >= 11 is 0. The summed E-state index contributed by atoms with van der Waals surface area (Å²) in [5.41, 5.74) is -0.550. The molecule has 190 valence electrons. The lowest BCUT2D eigenvalue weighted by Crippen LogP contribution is -2.61. The zero-order chi connectivity index (χ0) is 24.6. The number of Topliss-reactive ketones (excluding diaryl/α,β-unsaturated/α-hetero) is 2. The molecule has 0 aromatic heterocycles. The largest absolute Gasteiger partial charge is 0.481 e. The minimum atomic E-state index is -0.780. The third kappa shape index (κ3) is 3.45. The van der Waals surface area contributed by atoms with E-state index in [1.807, 2.05) is 0 Å². The SMILES string of the molecule is CC(CCC(=O)O)C1CCC2C3C(=O)CC4CC5(CC[C@]4(C)C3CC(=O)[C@]12C)OC(C)C(C)O5. The average Bonchev–Trinajstić information content (AvgIpc) is 3.25. The minimum Gasteiger partial charge on any atom is -0.481 e. The number of ether oxygens (including phenoxy) is 2. The highest BCUT2D eigenvalue weighted by molar-refractivity contribution is 5.92. The van der Waals surface area contributed by atoms with Gasteiger partial charge in [0.15, 0.2) is 5.79 Å². The molecule has 0 radical (unpaired) electrons. The molecular formula is C28H42O6. The standard InChI is InChI=1S/C28H42O6/c1-15(6-9-24(31)32)19-7-8-20-25-21(13-23(30)27(19,20)5)26(4)10-11-28(14-18(26)12-22(25)29)33-16(2)17(3)34-28/h15-21,25H,6-14H2,1-5H3,(H,31,32)/t15?,16?,17?,18?,19?,20?,21?,25?,26-,27+,28?/m0/s1. The Morgan fingerprint density at radius 3 is 2.38 bits per heavy atom. The quantitative estimate of drug-likeness (QED) is 0.615. The van der Waals surface area contributed by atoms with E-state index in [2.05, 4.69) is 34.6 Å². The fourth-order valence-corrected chi connectivity index (χ4v) is 9.20. The normalized spacial score (nSPS) is 51.1. The van der Waals surface area contributed by atoms with Gasteiger partial charge in [-0.15, -0.1) is 0 Å². The van der Waals surface area contributed by atoms with Gasteiger partial charge in [-0.2, -0.15) is 0 Å². The molecule has 10 atom stereocenters. The van der Waals surface area contributed by atoms with Crippen LogP contribution in [0.1, 0.15) is 92.4 Å². The number of hydrogen-bond acceptors (Lipinski definition) is 5. The molecule has 6 heteroatoms. The van der Waals surface area contributed by atoms with Gasteiger partial charge in [-0.25, -0.2) is 0 Å². The number of carbonyl (C=O) groups is 3. The monoisotopic (exact) mass is 474 g/mol. The first kappa shape index (κ1) is 24.4. The third-order valence-electron chi connectivity index (χ3n) is 11.4. The Labute approximate surface area is 203 Å². The summed E-state index contributed by atoms with van der Waals surface area (Å²) < 4.78 is 12.6. The molecule has 1 saturated heterocycles. The number of aliphatic carboxylic acids is 1. The second-order valence-electron chi connectivity index (χ2n) is 12.9. The highest BCUT2D eigenvalue weighted by atomic mass is 16.8. The summed E-state index contributed by atoms with van der Waals surface area (Å²) in [6.07, 6.45) is 6.24. The van der Waals surface area contributed by atoms with Crippen LogP contribution in [-0.2, 0) is 23.9 Å². The maximum atomic E-state index is 13.9. The maximum Gasteiger partial charge on any atom is 0.303 e. The smallest absolute Gasteiger partial charge is 0.303 e. The molecule has 0 bridgehead atoms. The van der Waals surface area contributed by atoms with Crippen LogP contribution in [0.3, 0.4) is 0 Å². The number of carboxylic acid groups (broad SMARTS) is 1. The Balaban J connectivity index is 1.40.